The third kappa shape index (κ3) is 3.70. The molecule has 0 aromatic heterocycles. The molecule has 1 aromatic rings. The number of rotatable bonds is 3. The Morgan fingerprint density at radius 2 is 2.12 bits per heavy atom. The van der Waals surface area contributed by atoms with E-state index in [-0.39, 0.29) is 34.6 Å². The number of halogens is 2. The zero-order chi connectivity index (χ0) is 18.4. The molecule has 9 heteroatoms. The van der Waals surface area contributed by atoms with Gasteiger partial charge in [0.05, 0.1) is 33.3 Å². The molecule has 25 heavy (non-hydrogen) atoms. The van der Waals surface area contributed by atoms with Gasteiger partial charge in [0.25, 0.3) is 5.91 Å². The summed E-state index contributed by atoms with van der Waals surface area (Å²) in [4.78, 5) is 18.3. The molecule has 0 radical (unpaired) electrons. The monoisotopic (exact) mass is 420 g/mol. The van der Waals surface area contributed by atoms with Crippen LogP contribution in [0.15, 0.2) is 23.2 Å². The zero-order valence-electron chi connectivity index (χ0n) is 13.8. The number of fused-ring (bicyclic) bond motifs is 1. The quantitative estimate of drug-likeness (QED) is 0.746. The summed E-state index contributed by atoms with van der Waals surface area (Å²) < 4.78 is 24.1. The third-order valence-electron chi connectivity index (χ3n) is 4.50. The summed E-state index contributed by atoms with van der Waals surface area (Å²) in [7, 11) is -3.12. The summed E-state index contributed by atoms with van der Waals surface area (Å²) in [6.07, 6.45) is 0.694. The molecule has 2 heterocycles. The number of amidine groups is 1. The highest BCUT2D eigenvalue weighted by molar-refractivity contribution is 8.16. The van der Waals surface area contributed by atoms with Gasteiger partial charge in [-0.1, -0.05) is 54.9 Å². The Kier molecular flexibility index (Phi) is 5.40. The van der Waals surface area contributed by atoms with Crippen molar-refractivity contribution < 1.29 is 13.2 Å². The first-order valence-electron chi connectivity index (χ1n) is 7.96. The van der Waals surface area contributed by atoms with Crippen LogP contribution in [0.4, 0.5) is 5.69 Å². The highest BCUT2D eigenvalue weighted by Crippen LogP contribution is 2.44. The van der Waals surface area contributed by atoms with Crippen molar-refractivity contribution in [3.63, 3.8) is 0 Å². The van der Waals surface area contributed by atoms with Crippen molar-refractivity contribution in [3.8, 4) is 0 Å². The van der Waals surface area contributed by atoms with Crippen molar-refractivity contribution in [2.75, 3.05) is 16.4 Å². The summed E-state index contributed by atoms with van der Waals surface area (Å²) in [5.74, 6) is -0.303. The Labute approximate surface area is 161 Å². The minimum absolute atomic E-state index is 0.0179. The lowest BCUT2D eigenvalue weighted by Gasteiger charge is -2.26. The van der Waals surface area contributed by atoms with Crippen LogP contribution in [0.3, 0.4) is 0 Å². The van der Waals surface area contributed by atoms with E-state index in [0.29, 0.717) is 27.3 Å². The fraction of sp³-hybridized carbons (Fsp3) is 0.500. The third-order valence-corrected chi connectivity index (χ3v) is 8.52. The molecule has 0 saturated carbocycles. The van der Waals surface area contributed by atoms with Gasteiger partial charge in [0.1, 0.15) is 0 Å². The standard InChI is InChI=1S/C16H18Cl2N2O3S2/c1-3-9(2)15(21)19-16-20(11-6-4-5-10(17)14(11)18)12-7-25(22,23)8-13(12)24-16/h4-6,9,12-13H,3,7-8H2,1-2H3/t9-,12+,13+/m0/s1. The maximum Gasteiger partial charge on any atom is 0.250 e. The topological polar surface area (TPSA) is 66.8 Å². The van der Waals surface area contributed by atoms with Crippen LogP contribution in [0.1, 0.15) is 20.3 Å². The summed E-state index contributed by atoms with van der Waals surface area (Å²) in [6, 6.07) is 4.89. The summed E-state index contributed by atoms with van der Waals surface area (Å²) in [5.41, 5.74) is 0.585. The fourth-order valence-corrected chi connectivity index (χ4v) is 7.20. The van der Waals surface area contributed by atoms with E-state index in [9.17, 15) is 13.2 Å². The highest BCUT2D eigenvalue weighted by Gasteiger charge is 2.50. The molecule has 136 valence electrons. The van der Waals surface area contributed by atoms with Crippen LogP contribution in [0, 0.1) is 5.92 Å². The van der Waals surface area contributed by atoms with E-state index in [4.69, 9.17) is 23.2 Å². The Morgan fingerprint density at radius 3 is 2.80 bits per heavy atom. The maximum atomic E-state index is 12.3. The van der Waals surface area contributed by atoms with Gasteiger partial charge in [-0.05, 0) is 18.6 Å². The molecule has 5 nitrogen and oxygen atoms in total. The van der Waals surface area contributed by atoms with Gasteiger partial charge in [0.15, 0.2) is 15.0 Å². The SMILES string of the molecule is CC[C@H](C)C(=O)N=C1S[C@@H]2CS(=O)(=O)C[C@H]2N1c1cccc(Cl)c1Cl. The molecule has 2 fully saturated rings. The van der Waals surface area contributed by atoms with Crippen molar-refractivity contribution in [1.82, 2.24) is 0 Å². The van der Waals surface area contributed by atoms with Crippen LogP contribution in [-0.4, -0.2) is 42.3 Å². The molecule has 0 unspecified atom stereocenters. The maximum absolute atomic E-state index is 12.3. The van der Waals surface area contributed by atoms with Crippen molar-refractivity contribution in [3.05, 3.63) is 28.2 Å². The Morgan fingerprint density at radius 1 is 1.40 bits per heavy atom. The second kappa shape index (κ2) is 7.10. The first-order chi connectivity index (χ1) is 11.7. The largest absolute Gasteiger partial charge is 0.314 e. The number of carbonyl (C=O) groups excluding carboxylic acids is 1. The normalized spacial score (nSPS) is 27.5. The van der Waals surface area contributed by atoms with Gasteiger partial charge in [-0.3, -0.25) is 4.79 Å². The average Bonchev–Trinajstić information content (AvgIpc) is 3.00. The van der Waals surface area contributed by atoms with Gasteiger partial charge in [-0.25, -0.2) is 8.42 Å². The van der Waals surface area contributed by atoms with Crippen molar-refractivity contribution >= 4 is 61.6 Å². The van der Waals surface area contributed by atoms with E-state index < -0.39 is 9.84 Å². The number of thioether (sulfide) groups is 1. The van der Waals surface area contributed by atoms with Gasteiger partial charge in [0, 0.05) is 11.2 Å². The van der Waals surface area contributed by atoms with E-state index in [1.54, 1.807) is 23.1 Å². The Balaban J connectivity index is 2.06. The Bertz CT molecular complexity index is 842. The first-order valence-corrected chi connectivity index (χ1v) is 11.4. The molecule has 2 aliphatic rings. The molecular weight excluding hydrogens is 403 g/mol. The molecule has 0 spiro atoms. The van der Waals surface area contributed by atoms with E-state index in [1.807, 2.05) is 13.8 Å². The number of carbonyl (C=O) groups is 1. The predicted octanol–water partition coefficient (Wildman–Crippen LogP) is 3.64. The lowest BCUT2D eigenvalue weighted by Crippen LogP contribution is -2.38. The van der Waals surface area contributed by atoms with E-state index >= 15 is 0 Å². The van der Waals surface area contributed by atoms with Crippen LogP contribution in [-0.2, 0) is 14.6 Å². The van der Waals surface area contributed by atoms with Gasteiger partial charge in [-0.15, -0.1) is 0 Å². The van der Waals surface area contributed by atoms with E-state index in [2.05, 4.69) is 4.99 Å². The predicted molar refractivity (Wildman–Crippen MR) is 105 cm³/mol. The van der Waals surface area contributed by atoms with Crippen molar-refractivity contribution in [1.29, 1.82) is 0 Å². The minimum atomic E-state index is -3.12. The lowest BCUT2D eigenvalue weighted by molar-refractivity contribution is -0.121. The molecule has 0 N–H and O–H groups in total. The van der Waals surface area contributed by atoms with E-state index in [0.717, 1.165) is 0 Å². The fourth-order valence-electron chi connectivity index (χ4n) is 2.90. The Hall–Kier alpha value is -0.760. The second-order valence-corrected chi connectivity index (χ2v) is 10.4. The molecule has 3 rings (SSSR count). The molecule has 1 aromatic carbocycles. The molecule has 0 aliphatic carbocycles. The smallest absolute Gasteiger partial charge is 0.250 e. The summed E-state index contributed by atoms with van der Waals surface area (Å²) >= 11 is 13.8. The zero-order valence-corrected chi connectivity index (χ0v) is 16.9. The van der Waals surface area contributed by atoms with Crippen LogP contribution in [0.5, 0.6) is 0 Å². The molecule has 1 amide bonds. The first kappa shape index (κ1) is 19.0. The number of anilines is 1. The number of benzene rings is 1. The molecule has 2 aliphatic heterocycles. The van der Waals surface area contributed by atoms with Crippen molar-refractivity contribution in [2.24, 2.45) is 10.9 Å². The number of aliphatic imine (C=N–C) groups is 1. The van der Waals surface area contributed by atoms with Gasteiger partial charge >= 0.3 is 0 Å². The molecule has 3 atom stereocenters. The van der Waals surface area contributed by atoms with Crippen LogP contribution < -0.4 is 4.90 Å². The summed E-state index contributed by atoms with van der Waals surface area (Å²) in [6.45, 7) is 3.76. The highest BCUT2D eigenvalue weighted by atomic mass is 35.5. The summed E-state index contributed by atoms with van der Waals surface area (Å²) in [5, 5.41) is 1.04. The average molecular weight is 421 g/mol. The van der Waals surface area contributed by atoms with E-state index in [1.165, 1.54) is 11.8 Å². The van der Waals surface area contributed by atoms with Crippen LogP contribution in [0.25, 0.3) is 0 Å². The van der Waals surface area contributed by atoms with Gasteiger partial charge in [0.2, 0.25) is 0 Å². The minimum Gasteiger partial charge on any atom is -0.314 e. The molecule has 2 saturated heterocycles. The molecule has 0 bridgehead atoms. The van der Waals surface area contributed by atoms with Gasteiger partial charge in [-0.2, -0.15) is 4.99 Å². The second-order valence-electron chi connectivity index (χ2n) is 6.29. The number of sulfone groups is 1. The number of hydrogen-bond acceptors (Lipinski definition) is 4. The van der Waals surface area contributed by atoms with Crippen LogP contribution >= 0.6 is 35.0 Å². The van der Waals surface area contributed by atoms with Crippen LogP contribution in [0.2, 0.25) is 10.0 Å². The molecular formula is C16H18Cl2N2O3S2. The number of nitrogens with zero attached hydrogens (tertiary/aromatic N) is 2. The van der Waals surface area contributed by atoms with Gasteiger partial charge < -0.3 is 4.90 Å². The van der Waals surface area contributed by atoms with Crippen molar-refractivity contribution in [2.45, 2.75) is 31.6 Å². The lowest BCUT2D eigenvalue weighted by atomic mass is 10.1. The number of amides is 1. The number of hydrogen-bond donors (Lipinski definition) is 0.